The Kier molecular flexibility index (Phi) is 15.5. The van der Waals surface area contributed by atoms with Crippen LogP contribution in [0.2, 0.25) is 0 Å². The molecule has 16 nitrogen and oxygen atoms in total. The predicted molar refractivity (Wildman–Crippen MR) is 125 cm³/mol. The molecule has 0 saturated heterocycles. The fraction of sp³-hybridized carbons (Fsp3) is 0.636. The molecule has 0 aromatic rings. The van der Waals surface area contributed by atoms with Crippen LogP contribution in [0.25, 0.3) is 0 Å². The highest BCUT2D eigenvalue weighted by molar-refractivity contribution is 5.99. The van der Waals surface area contributed by atoms with E-state index in [4.69, 9.17) is 18.9 Å². The fourth-order valence-corrected chi connectivity index (χ4v) is 2.34. The van der Waals surface area contributed by atoms with Gasteiger partial charge in [-0.05, 0) is 41.7 Å². The molecule has 0 aromatic carbocycles. The lowest BCUT2D eigenvalue weighted by Gasteiger charge is -2.16. The van der Waals surface area contributed by atoms with Crippen molar-refractivity contribution in [3.63, 3.8) is 0 Å². The monoisotopic (exact) mass is 546 g/mol. The molecule has 0 heterocycles. The van der Waals surface area contributed by atoms with Gasteiger partial charge in [-0.15, -0.1) is 0 Å². The molecule has 0 aliphatic carbocycles. The Hall–Kier alpha value is -4.08. The molecule has 0 bridgehead atoms. The van der Waals surface area contributed by atoms with Gasteiger partial charge >= 0.3 is 23.9 Å². The van der Waals surface area contributed by atoms with E-state index in [0.717, 1.165) is 0 Å². The normalized spacial score (nSPS) is 13.4. The van der Waals surface area contributed by atoms with E-state index in [0.29, 0.717) is 0 Å². The van der Waals surface area contributed by atoms with Crippen molar-refractivity contribution in [2.24, 2.45) is 0 Å². The number of hydrogen-bond donors (Lipinski definition) is 4. The quantitative estimate of drug-likeness (QED) is 0.0899. The Morgan fingerprint density at radius 2 is 0.816 bits per heavy atom. The van der Waals surface area contributed by atoms with Crippen molar-refractivity contribution < 1.29 is 57.3 Å². The summed E-state index contributed by atoms with van der Waals surface area (Å²) in [5, 5.41) is 9.29. The molecule has 214 valence electrons. The van der Waals surface area contributed by atoms with Crippen molar-refractivity contribution in [3.05, 3.63) is 0 Å². The van der Waals surface area contributed by atoms with Crippen LogP contribution in [0.3, 0.4) is 0 Å². The highest BCUT2D eigenvalue weighted by Gasteiger charge is 2.23. The van der Waals surface area contributed by atoms with E-state index in [9.17, 15) is 38.4 Å². The number of ketones is 1. The molecular formula is C22H34N4O12. The molecule has 0 saturated carbocycles. The van der Waals surface area contributed by atoms with Gasteiger partial charge in [0.25, 0.3) is 0 Å². The van der Waals surface area contributed by atoms with Gasteiger partial charge in [0.15, 0.2) is 0 Å². The first-order chi connectivity index (χ1) is 17.7. The lowest BCUT2D eigenvalue weighted by Crippen LogP contribution is -2.45. The molecule has 0 rings (SSSR count). The van der Waals surface area contributed by atoms with E-state index in [1.165, 1.54) is 34.6 Å². The zero-order valence-corrected chi connectivity index (χ0v) is 22.0. The molecule has 3 amide bonds. The van der Waals surface area contributed by atoms with Crippen molar-refractivity contribution in [1.82, 2.24) is 21.3 Å². The molecule has 0 aliphatic heterocycles. The first-order valence-corrected chi connectivity index (χ1v) is 11.4. The van der Waals surface area contributed by atoms with E-state index in [1.54, 1.807) is 7.05 Å². The number of likely N-dealkylation sites (N-methyl/N-ethyl adjacent to an activating group) is 1. The molecule has 4 unspecified atom stereocenters. The number of esters is 4. The minimum absolute atomic E-state index is 0.391. The summed E-state index contributed by atoms with van der Waals surface area (Å²) in [7, 11) is 1.54. The molecular weight excluding hydrogens is 512 g/mol. The summed E-state index contributed by atoms with van der Waals surface area (Å²) in [5.74, 6) is -6.28. The van der Waals surface area contributed by atoms with Gasteiger partial charge in [0, 0.05) is 0 Å². The number of amides is 3. The van der Waals surface area contributed by atoms with Crippen LogP contribution in [0, 0.1) is 0 Å². The minimum atomic E-state index is -1.22. The molecule has 16 heteroatoms. The van der Waals surface area contributed by atoms with Crippen LogP contribution in [0.1, 0.15) is 47.5 Å². The van der Waals surface area contributed by atoms with Gasteiger partial charge in [-0.2, -0.15) is 0 Å². The van der Waals surface area contributed by atoms with Crippen LogP contribution in [-0.2, 0) is 57.3 Å². The van der Waals surface area contributed by atoms with Crippen LogP contribution < -0.4 is 21.3 Å². The van der Waals surface area contributed by atoms with Crippen molar-refractivity contribution in [2.75, 3.05) is 20.6 Å². The van der Waals surface area contributed by atoms with Gasteiger partial charge < -0.3 is 40.2 Å². The maximum Gasteiger partial charge on any atom is 0.331 e. The van der Waals surface area contributed by atoms with Gasteiger partial charge in [-0.3, -0.25) is 24.0 Å². The van der Waals surface area contributed by atoms with E-state index in [-0.39, 0.29) is 0 Å². The second-order valence-corrected chi connectivity index (χ2v) is 8.02. The summed E-state index contributed by atoms with van der Waals surface area (Å²) in [6.07, 6.45) is -1.14. The van der Waals surface area contributed by atoms with Crippen molar-refractivity contribution in [1.29, 1.82) is 0 Å². The van der Waals surface area contributed by atoms with Gasteiger partial charge in [0.1, 0.15) is 36.4 Å². The van der Waals surface area contributed by atoms with Gasteiger partial charge in [0.2, 0.25) is 31.3 Å². The third kappa shape index (κ3) is 14.5. The third-order valence-electron chi connectivity index (χ3n) is 4.52. The number of carbonyl (C=O) groups excluding carboxylic acids is 8. The van der Waals surface area contributed by atoms with Gasteiger partial charge in [-0.25, -0.2) is 14.4 Å². The molecule has 0 radical (unpaired) electrons. The van der Waals surface area contributed by atoms with Crippen molar-refractivity contribution >= 4 is 47.4 Å². The number of hydrogen-bond acceptors (Lipinski definition) is 13. The van der Waals surface area contributed by atoms with Crippen LogP contribution in [0.4, 0.5) is 0 Å². The molecule has 0 aromatic heterocycles. The minimum Gasteiger partial charge on any atom is -0.427 e. The lowest BCUT2D eigenvalue weighted by molar-refractivity contribution is -0.171. The first-order valence-electron chi connectivity index (χ1n) is 11.4. The second kappa shape index (κ2) is 17.4. The maximum atomic E-state index is 12.0. The summed E-state index contributed by atoms with van der Waals surface area (Å²) in [6.45, 7) is 5.12. The standard InChI is InChI=1S/C22H34N4O12/c1-11(27)7-16(28)24-13(3)20(32)37-10-38-22(34)15(5)26-18(30)8-17(29)25-14(4)21(33)36-9-35-19(31)12(2)23-6/h12-15,23H,7-10H2,1-6H3,(H,24,28)(H,25,29)(H,26,30). The third-order valence-corrected chi connectivity index (χ3v) is 4.52. The number of carbonyl (C=O) groups is 8. The summed E-state index contributed by atoms with van der Waals surface area (Å²) in [5.41, 5.74) is 0. The smallest absolute Gasteiger partial charge is 0.331 e. The Morgan fingerprint density at radius 1 is 0.526 bits per heavy atom. The predicted octanol–water partition coefficient (Wildman–Crippen LogP) is -2.43. The van der Waals surface area contributed by atoms with E-state index in [2.05, 4.69) is 21.3 Å². The fourth-order valence-electron chi connectivity index (χ4n) is 2.34. The van der Waals surface area contributed by atoms with Crippen LogP contribution in [0.15, 0.2) is 0 Å². The molecule has 0 aliphatic rings. The van der Waals surface area contributed by atoms with Crippen LogP contribution in [-0.4, -0.2) is 92.2 Å². The summed E-state index contributed by atoms with van der Waals surface area (Å²) < 4.78 is 18.8. The SMILES string of the molecule is CNC(C)C(=O)OCOC(=O)C(C)NC(=O)CC(=O)NC(C)C(=O)OCOC(=O)C(C)NC(=O)CC(C)=O. The van der Waals surface area contributed by atoms with Crippen LogP contribution >= 0.6 is 0 Å². The lowest BCUT2D eigenvalue weighted by atomic mass is 10.2. The maximum absolute atomic E-state index is 12.0. The highest BCUT2D eigenvalue weighted by Crippen LogP contribution is 1.96. The van der Waals surface area contributed by atoms with Crippen molar-refractivity contribution in [3.8, 4) is 0 Å². The zero-order chi connectivity index (χ0) is 29.4. The molecule has 4 N–H and O–H groups in total. The Balaban J connectivity index is 4.33. The largest absolute Gasteiger partial charge is 0.427 e. The van der Waals surface area contributed by atoms with Crippen LogP contribution in [0.5, 0.6) is 0 Å². The van der Waals surface area contributed by atoms with Crippen molar-refractivity contribution in [2.45, 2.75) is 71.6 Å². The Morgan fingerprint density at radius 3 is 1.11 bits per heavy atom. The van der Waals surface area contributed by atoms with E-state index in [1.807, 2.05) is 0 Å². The zero-order valence-electron chi connectivity index (χ0n) is 22.0. The van der Waals surface area contributed by atoms with Gasteiger partial charge in [0.05, 0.1) is 6.42 Å². The second-order valence-electron chi connectivity index (χ2n) is 8.02. The highest BCUT2D eigenvalue weighted by atomic mass is 16.7. The summed E-state index contributed by atoms with van der Waals surface area (Å²) >= 11 is 0. The average molecular weight is 547 g/mol. The average Bonchev–Trinajstić information content (AvgIpc) is 2.81. The molecule has 38 heavy (non-hydrogen) atoms. The van der Waals surface area contributed by atoms with Gasteiger partial charge in [-0.1, -0.05) is 0 Å². The molecule has 0 spiro atoms. The first kappa shape index (κ1) is 33.9. The summed E-state index contributed by atoms with van der Waals surface area (Å²) in [4.78, 5) is 93.4. The topological polar surface area (TPSA) is 222 Å². The van der Waals surface area contributed by atoms with E-state index >= 15 is 0 Å². The number of rotatable bonds is 16. The van der Waals surface area contributed by atoms with E-state index < -0.39 is 98.0 Å². The Bertz CT molecular complexity index is 907. The number of Topliss-reactive ketones (excluding diaryl/α,β-unsaturated/α-hetero) is 1. The number of ether oxygens (including phenoxy) is 4. The Labute approximate surface area is 218 Å². The number of nitrogens with one attached hydrogen (secondary N) is 4. The molecule has 4 atom stereocenters. The summed E-state index contributed by atoms with van der Waals surface area (Å²) in [6, 6.07) is -4.10. The molecule has 0 fully saturated rings.